The van der Waals surface area contributed by atoms with E-state index in [0.717, 1.165) is 22.8 Å². The van der Waals surface area contributed by atoms with Gasteiger partial charge in [-0.25, -0.2) is 4.79 Å². The summed E-state index contributed by atoms with van der Waals surface area (Å²) in [5, 5.41) is 2.13. The van der Waals surface area contributed by atoms with E-state index >= 15 is 0 Å². The topological polar surface area (TPSA) is 52.6 Å². The third-order valence-electron chi connectivity index (χ3n) is 4.13. The van der Waals surface area contributed by atoms with Crippen molar-refractivity contribution < 1.29 is 19.1 Å². The molecular weight excluding hydrogens is 328 g/mol. The Morgan fingerprint density at radius 1 is 0.846 bits per heavy atom. The lowest BCUT2D eigenvalue weighted by atomic mass is 10.1. The average molecular weight is 348 g/mol. The van der Waals surface area contributed by atoms with Gasteiger partial charge < -0.3 is 9.47 Å². The van der Waals surface area contributed by atoms with Crippen LogP contribution in [0, 0.1) is 0 Å². The first kappa shape index (κ1) is 17.7. The second kappa shape index (κ2) is 8.30. The number of Topliss-reactive ketones (excluding diaryl/α,β-unsaturated/α-hetero) is 1. The summed E-state index contributed by atoms with van der Waals surface area (Å²) in [5.41, 5.74) is 1.69. The highest BCUT2D eigenvalue weighted by Crippen LogP contribution is 2.20. The third-order valence-corrected chi connectivity index (χ3v) is 4.13. The molecule has 0 bridgehead atoms. The molecule has 0 fully saturated rings. The maximum Gasteiger partial charge on any atom is 0.344 e. The quantitative estimate of drug-likeness (QED) is 0.474. The molecule has 26 heavy (non-hydrogen) atoms. The van der Waals surface area contributed by atoms with Gasteiger partial charge in [-0.2, -0.15) is 0 Å². The van der Waals surface area contributed by atoms with E-state index in [1.807, 2.05) is 55.5 Å². The summed E-state index contributed by atoms with van der Waals surface area (Å²) in [4.78, 5) is 23.9. The summed E-state index contributed by atoms with van der Waals surface area (Å²) < 4.78 is 10.5. The highest BCUT2D eigenvalue weighted by atomic mass is 16.6. The van der Waals surface area contributed by atoms with E-state index in [2.05, 4.69) is 0 Å². The molecule has 0 spiro atoms. The van der Waals surface area contributed by atoms with Crippen LogP contribution in [0.5, 0.6) is 5.75 Å². The molecule has 0 unspecified atom stereocenters. The number of aryl methyl sites for hydroxylation is 1. The minimum absolute atomic E-state index is 0.230. The summed E-state index contributed by atoms with van der Waals surface area (Å²) in [7, 11) is 0. The smallest absolute Gasteiger partial charge is 0.344 e. The zero-order valence-corrected chi connectivity index (χ0v) is 14.6. The first-order valence-electron chi connectivity index (χ1n) is 8.55. The Morgan fingerprint density at radius 2 is 1.58 bits per heavy atom. The van der Waals surface area contributed by atoms with Gasteiger partial charge in [0.25, 0.3) is 0 Å². The molecule has 0 radical (unpaired) electrons. The van der Waals surface area contributed by atoms with Crippen molar-refractivity contribution in [1.29, 1.82) is 0 Å². The number of carbonyl (C=O) groups is 2. The van der Waals surface area contributed by atoms with E-state index in [1.165, 1.54) is 0 Å². The van der Waals surface area contributed by atoms with Gasteiger partial charge in [-0.3, -0.25) is 4.79 Å². The van der Waals surface area contributed by atoms with Gasteiger partial charge in [0, 0.05) is 5.56 Å². The van der Waals surface area contributed by atoms with Gasteiger partial charge in [0.15, 0.2) is 19.0 Å². The number of rotatable bonds is 7. The van der Waals surface area contributed by atoms with Crippen molar-refractivity contribution in [2.24, 2.45) is 0 Å². The van der Waals surface area contributed by atoms with Crippen LogP contribution in [0.15, 0.2) is 66.7 Å². The molecule has 0 aliphatic carbocycles. The van der Waals surface area contributed by atoms with Gasteiger partial charge in [0.05, 0.1) is 0 Å². The molecule has 0 saturated heterocycles. The first-order valence-corrected chi connectivity index (χ1v) is 8.55. The number of ketones is 1. The van der Waals surface area contributed by atoms with E-state index in [1.54, 1.807) is 18.2 Å². The summed E-state index contributed by atoms with van der Waals surface area (Å²) >= 11 is 0. The fourth-order valence-electron chi connectivity index (χ4n) is 2.60. The van der Waals surface area contributed by atoms with Gasteiger partial charge >= 0.3 is 5.97 Å². The van der Waals surface area contributed by atoms with E-state index < -0.39 is 5.97 Å². The van der Waals surface area contributed by atoms with Crippen LogP contribution in [0.1, 0.15) is 22.8 Å². The molecule has 3 rings (SSSR count). The predicted octanol–water partition coefficient (Wildman–Crippen LogP) is 4.21. The Labute approximate surface area is 152 Å². The molecular formula is C22H20O4. The zero-order chi connectivity index (χ0) is 18.4. The molecule has 3 aromatic carbocycles. The highest BCUT2D eigenvalue weighted by molar-refractivity contribution is 5.98. The van der Waals surface area contributed by atoms with Gasteiger partial charge in [0.1, 0.15) is 5.75 Å². The van der Waals surface area contributed by atoms with Crippen molar-refractivity contribution in [3.8, 4) is 5.75 Å². The monoisotopic (exact) mass is 348 g/mol. The maximum atomic E-state index is 12.1. The number of hydrogen-bond donors (Lipinski definition) is 0. The molecule has 0 atom stereocenters. The Kier molecular flexibility index (Phi) is 5.64. The Morgan fingerprint density at radius 3 is 2.31 bits per heavy atom. The molecule has 0 N–H and O–H groups in total. The van der Waals surface area contributed by atoms with Gasteiger partial charge in [-0.15, -0.1) is 0 Å². The number of esters is 1. The standard InChI is InChI=1S/C22H20O4/c1-2-16-7-9-18(10-8-16)21(23)14-26-22(24)15-25-20-12-11-17-5-3-4-6-19(17)13-20/h3-13H,2,14-15H2,1H3. The van der Waals surface area contributed by atoms with Crippen molar-refractivity contribution >= 4 is 22.5 Å². The number of ether oxygens (including phenoxy) is 2. The van der Waals surface area contributed by atoms with Crippen LogP contribution in [-0.4, -0.2) is 25.0 Å². The second-order valence-electron chi connectivity index (χ2n) is 5.93. The van der Waals surface area contributed by atoms with Crippen LogP contribution in [0.3, 0.4) is 0 Å². The van der Waals surface area contributed by atoms with E-state index in [4.69, 9.17) is 9.47 Å². The van der Waals surface area contributed by atoms with Crippen LogP contribution >= 0.6 is 0 Å². The molecule has 4 heteroatoms. The average Bonchev–Trinajstić information content (AvgIpc) is 2.70. The van der Waals surface area contributed by atoms with Crippen LogP contribution in [-0.2, 0) is 16.0 Å². The van der Waals surface area contributed by atoms with Crippen molar-refractivity contribution in [3.05, 3.63) is 77.9 Å². The van der Waals surface area contributed by atoms with Crippen LogP contribution < -0.4 is 4.74 Å². The van der Waals surface area contributed by atoms with Crippen molar-refractivity contribution in [1.82, 2.24) is 0 Å². The summed E-state index contributed by atoms with van der Waals surface area (Å²) in [5.74, 6) is -0.217. The lowest BCUT2D eigenvalue weighted by Gasteiger charge is -2.08. The molecule has 0 amide bonds. The van der Waals surface area contributed by atoms with Crippen LogP contribution in [0.2, 0.25) is 0 Å². The maximum absolute atomic E-state index is 12.1. The Bertz CT molecular complexity index is 913. The predicted molar refractivity (Wildman–Crippen MR) is 101 cm³/mol. The third kappa shape index (κ3) is 4.48. The van der Waals surface area contributed by atoms with Crippen molar-refractivity contribution in [3.63, 3.8) is 0 Å². The number of fused-ring (bicyclic) bond motifs is 1. The largest absolute Gasteiger partial charge is 0.482 e. The Balaban J connectivity index is 1.49. The van der Waals surface area contributed by atoms with E-state index in [0.29, 0.717) is 11.3 Å². The molecule has 132 valence electrons. The summed E-state index contributed by atoms with van der Waals surface area (Å²) in [6, 6.07) is 20.8. The minimum atomic E-state index is -0.573. The van der Waals surface area contributed by atoms with Gasteiger partial charge in [-0.05, 0) is 34.9 Å². The van der Waals surface area contributed by atoms with Gasteiger partial charge in [0.2, 0.25) is 0 Å². The summed E-state index contributed by atoms with van der Waals surface area (Å²) in [6.07, 6.45) is 0.912. The molecule has 3 aromatic rings. The minimum Gasteiger partial charge on any atom is -0.482 e. The molecule has 0 saturated carbocycles. The molecule has 0 aliphatic heterocycles. The van der Waals surface area contributed by atoms with Crippen LogP contribution in [0.25, 0.3) is 10.8 Å². The van der Waals surface area contributed by atoms with Crippen LogP contribution in [0.4, 0.5) is 0 Å². The van der Waals surface area contributed by atoms with Crippen molar-refractivity contribution in [2.45, 2.75) is 13.3 Å². The Hall–Kier alpha value is -3.14. The van der Waals surface area contributed by atoms with Gasteiger partial charge in [-0.1, -0.05) is 61.5 Å². The second-order valence-corrected chi connectivity index (χ2v) is 5.93. The summed E-state index contributed by atoms with van der Waals surface area (Å²) in [6.45, 7) is 1.53. The SMILES string of the molecule is CCc1ccc(C(=O)COC(=O)COc2ccc3ccccc3c2)cc1. The molecule has 0 aromatic heterocycles. The van der Waals surface area contributed by atoms with E-state index in [-0.39, 0.29) is 19.0 Å². The first-order chi connectivity index (χ1) is 12.7. The van der Waals surface area contributed by atoms with E-state index in [9.17, 15) is 9.59 Å². The highest BCUT2D eigenvalue weighted by Gasteiger charge is 2.11. The number of benzene rings is 3. The molecule has 4 nitrogen and oxygen atoms in total. The fourth-order valence-corrected chi connectivity index (χ4v) is 2.60. The zero-order valence-electron chi connectivity index (χ0n) is 14.6. The number of hydrogen-bond acceptors (Lipinski definition) is 4. The number of carbonyl (C=O) groups excluding carboxylic acids is 2. The molecule has 0 heterocycles. The lowest BCUT2D eigenvalue weighted by Crippen LogP contribution is -2.19. The normalized spacial score (nSPS) is 10.5. The molecule has 0 aliphatic rings. The fraction of sp³-hybridized carbons (Fsp3) is 0.182. The van der Waals surface area contributed by atoms with Crippen molar-refractivity contribution in [2.75, 3.05) is 13.2 Å². The lowest BCUT2D eigenvalue weighted by molar-refractivity contribution is -0.144.